The lowest BCUT2D eigenvalue weighted by atomic mass is 9.98. The molecule has 1 aromatic carbocycles. The maximum atomic E-state index is 12.7. The van der Waals surface area contributed by atoms with Crippen LogP contribution in [-0.4, -0.2) is 73.3 Å². The van der Waals surface area contributed by atoms with Crippen molar-refractivity contribution in [3.63, 3.8) is 0 Å². The van der Waals surface area contributed by atoms with Gasteiger partial charge in [-0.05, 0) is 26.0 Å². The Morgan fingerprint density at radius 3 is 1.95 bits per heavy atom. The van der Waals surface area contributed by atoms with Crippen LogP contribution in [0.3, 0.4) is 0 Å². The van der Waals surface area contributed by atoms with Crippen molar-refractivity contribution < 1.29 is 66.3 Å². The van der Waals surface area contributed by atoms with Crippen LogP contribution in [0.15, 0.2) is 27.4 Å². The van der Waals surface area contributed by atoms with Gasteiger partial charge in [0, 0.05) is 40.7 Å². The summed E-state index contributed by atoms with van der Waals surface area (Å²) in [7, 11) is 0. The lowest BCUT2D eigenvalue weighted by molar-refractivity contribution is -0.288. The van der Waals surface area contributed by atoms with Crippen LogP contribution in [-0.2, 0) is 47.7 Å². The van der Waals surface area contributed by atoms with E-state index >= 15 is 0 Å². The van der Waals surface area contributed by atoms with Gasteiger partial charge < -0.3 is 42.3 Å². The number of esters is 5. The lowest BCUT2D eigenvalue weighted by Crippen LogP contribution is -2.63. The molecule has 0 radical (unpaired) electrons. The van der Waals surface area contributed by atoms with Crippen molar-refractivity contribution in [3.05, 3.63) is 28.6 Å². The van der Waals surface area contributed by atoms with Gasteiger partial charge in [0.25, 0.3) is 5.75 Å². The third kappa shape index (κ3) is 8.67. The fraction of sp³-hybridized carbons (Fsp3) is 0.500. The Bertz CT molecular complexity index is 1440. The van der Waals surface area contributed by atoms with Crippen LogP contribution in [0.5, 0.6) is 17.2 Å². The first-order valence-corrected chi connectivity index (χ1v) is 13.1. The molecule has 5 atom stereocenters. The van der Waals surface area contributed by atoms with Crippen LogP contribution < -0.4 is 19.8 Å². The van der Waals surface area contributed by atoms with Crippen molar-refractivity contribution in [1.82, 2.24) is 0 Å². The molecule has 2 heterocycles. The molecule has 1 aliphatic rings. The molecule has 3 rings (SSSR count). The average molecular weight is 609 g/mol. The summed E-state index contributed by atoms with van der Waals surface area (Å²) in [5.41, 5.74) is -1.03. The summed E-state index contributed by atoms with van der Waals surface area (Å²) in [4.78, 5) is 71.9. The van der Waals surface area contributed by atoms with Crippen molar-refractivity contribution in [2.75, 3.05) is 6.61 Å². The Hall–Kier alpha value is -4.66. The van der Waals surface area contributed by atoms with Crippen molar-refractivity contribution in [2.24, 2.45) is 0 Å². The first kappa shape index (κ1) is 32.8. The van der Waals surface area contributed by atoms with E-state index in [9.17, 15) is 28.8 Å². The number of carbonyl (C=O) groups excluding carboxylic acids is 5. The molecular weight excluding hydrogens is 576 g/mol. The summed E-state index contributed by atoms with van der Waals surface area (Å²) in [6, 6.07) is 4.20. The highest BCUT2D eigenvalue weighted by molar-refractivity contribution is 5.87. The molecule has 1 saturated heterocycles. The number of ether oxygens (including phenoxy) is 8. The first-order chi connectivity index (χ1) is 20.2. The normalized spacial score (nSPS) is 21.4. The van der Waals surface area contributed by atoms with E-state index in [1.54, 1.807) is 13.8 Å². The summed E-state index contributed by atoms with van der Waals surface area (Å²) in [5, 5.41) is 0.262. The number of hydrogen-bond donors (Lipinski definition) is 0. The van der Waals surface area contributed by atoms with Crippen LogP contribution in [0.1, 0.15) is 48.5 Å². The number of carbonyl (C=O) groups is 5. The third-order valence-electron chi connectivity index (χ3n) is 5.59. The first-order valence-electron chi connectivity index (χ1n) is 13.1. The van der Waals surface area contributed by atoms with E-state index < -0.39 is 84.6 Å². The molecule has 0 bridgehead atoms. The maximum Gasteiger partial charge on any atom is 0.383 e. The van der Waals surface area contributed by atoms with E-state index in [2.05, 4.69) is 0 Å². The number of rotatable bonds is 10. The Morgan fingerprint density at radius 2 is 1.40 bits per heavy atom. The fourth-order valence-corrected chi connectivity index (χ4v) is 4.21. The van der Waals surface area contributed by atoms with Crippen molar-refractivity contribution in [3.8, 4) is 17.2 Å². The summed E-state index contributed by atoms with van der Waals surface area (Å²) in [6.45, 7) is 8.52. The molecule has 0 saturated carbocycles. The van der Waals surface area contributed by atoms with Gasteiger partial charge >= 0.3 is 35.5 Å². The number of hydrogen-bond acceptors (Lipinski definition) is 15. The van der Waals surface area contributed by atoms with Gasteiger partial charge in [-0.25, -0.2) is 4.79 Å². The molecule has 234 valence electrons. The van der Waals surface area contributed by atoms with Gasteiger partial charge in [-0.15, -0.1) is 0 Å². The zero-order valence-electron chi connectivity index (χ0n) is 24.5. The molecule has 0 spiro atoms. The molecule has 0 amide bonds. The van der Waals surface area contributed by atoms with Crippen molar-refractivity contribution in [2.45, 2.75) is 85.3 Å². The van der Waals surface area contributed by atoms with E-state index in [1.807, 2.05) is 0 Å². The van der Waals surface area contributed by atoms with E-state index in [0.29, 0.717) is 0 Å². The molecule has 15 nitrogen and oxygen atoms in total. The van der Waals surface area contributed by atoms with Gasteiger partial charge in [0.1, 0.15) is 24.0 Å². The number of benzene rings is 1. The van der Waals surface area contributed by atoms with Crippen LogP contribution in [0.2, 0.25) is 0 Å². The van der Waals surface area contributed by atoms with Gasteiger partial charge in [0.2, 0.25) is 12.4 Å². The van der Waals surface area contributed by atoms with Gasteiger partial charge in [-0.2, -0.15) is 0 Å². The molecule has 43 heavy (non-hydrogen) atoms. The SMILES string of the molecule is CC(=O)OC[C@H]1O[C@@H](Oc2ccc3c(OC(C)C)c(OC(C)=O)c(=O)oc3c2)[C@H](OC(C)=O)[C@@H](OC(C)=O)[C@@H]1OC(C)=O. The summed E-state index contributed by atoms with van der Waals surface area (Å²) in [6.07, 6.45) is -7.45. The highest BCUT2D eigenvalue weighted by Crippen LogP contribution is 2.37. The third-order valence-corrected chi connectivity index (χ3v) is 5.59. The quantitative estimate of drug-likeness (QED) is 0.216. The Balaban J connectivity index is 2.09. The highest BCUT2D eigenvalue weighted by Gasteiger charge is 2.53. The smallest absolute Gasteiger partial charge is 0.383 e. The summed E-state index contributed by atoms with van der Waals surface area (Å²) in [5.74, 6) is -4.27. The molecule has 1 aliphatic heterocycles. The fourth-order valence-electron chi connectivity index (χ4n) is 4.21. The maximum absolute atomic E-state index is 12.7. The molecule has 2 aromatic rings. The minimum atomic E-state index is -1.52. The minimum Gasteiger partial charge on any atom is -0.486 e. The second-order valence-electron chi connectivity index (χ2n) is 9.65. The Kier molecular flexibility index (Phi) is 10.7. The Morgan fingerprint density at radius 1 is 0.791 bits per heavy atom. The van der Waals surface area contributed by atoms with Gasteiger partial charge in [0.05, 0.1) is 11.5 Å². The van der Waals surface area contributed by atoms with E-state index in [0.717, 1.165) is 34.6 Å². The zero-order chi connectivity index (χ0) is 32.0. The average Bonchev–Trinajstić information content (AvgIpc) is 2.87. The van der Waals surface area contributed by atoms with E-state index in [4.69, 9.17) is 42.3 Å². The van der Waals surface area contributed by atoms with E-state index in [-0.39, 0.29) is 22.5 Å². The van der Waals surface area contributed by atoms with Crippen molar-refractivity contribution in [1.29, 1.82) is 0 Å². The van der Waals surface area contributed by atoms with E-state index in [1.165, 1.54) is 18.2 Å². The molecule has 1 aromatic heterocycles. The monoisotopic (exact) mass is 608 g/mol. The van der Waals surface area contributed by atoms with Crippen LogP contribution >= 0.6 is 0 Å². The Labute approximate surface area is 245 Å². The van der Waals surface area contributed by atoms with Crippen LogP contribution in [0, 0.1) is 0 Å². The van der Waals surface area contributed by atoms with Crippen molar-refractivity contribution >= 4 is 40.8 Å². The molecule has 0 unspecified atom stereocenters. The molecule has 0 N–H and O–H groups in total. The van der Waals surface area contributed by atoms with Crippen LogP contribution in [0.4, 0.5) is 0 Å². The van der Waals surface area contributed by atoms with Crippen LogP contribution in [0.25, 0.3) is 11.0 Å². The number of fused-ring (bicyclic) bond motifs is 1. The topological polar surface area (TPSA) is 189 Å². The van der Waals surface area contributed by atoms with Gasteiger partial charge in [-0.3, -0.25) is 24.0 Å². The highest BCUT2D eigenvalue weighted by atomic mass is 16.7. The zero-order valence-corrected chi connectivity index (χ0v) is 24.5. The lowest BCUT2D eigenvalue weighted by Gasteiger charge is -2.43. The molecule has 0 aliphatic carbocycles. The largest absolute Gasteiger partial charge is 0.486 e. The van der Waals surface area contributed by atoms with Gasteiger partial charge in [0.15, 0.2) is 18.0 Å². The minimum absolute atomic E-state index is 0.0206. The van der Waals surface area contributed by atoms with Gasteiger partial charge in [-0.1, -0.05) is 0 Å². The molecular formula is C28H32O15. The second kappa shape index (κ2) is 14.0. The second-order valence-corrected chi connectivity index (χ2v) is 9.65. The summed E-state index contributed by atoms with van der Waals surface area (Å²) >= 11 is 0. The summed E-state index contributed by atoms with van der Waals surface area (Å²) < 4.78 is 49.2. The molecule has 1 fully saturated rings. The standard InChI is InChI=1S/C28H32O15/c1-12(2)36-22-19-9-8-18(10-20(19)42-27(34)25(22)39-16(6)32)41-28-26(40-17(7)33)24(38-15(5)31)23(37-14(4)30)21(43-28)11-35-13(3)29/h8-10,12,21,23-24,26,28H,11H2,1-7H3/t21-,23-,24+,26-,28-/m1/s1. The predicted molar refractivity (Wildman–Crippen MR) is 142 cm³/mol. The molecule has 15 heteroatoms. The predicted octanol–water partition coefficient (Wildman–Crippen LogP) is 1.97.